The van der Waals surface area contributed by atoms with Crippen molar-refractivity contribution in [1.82, 2.24) is 4.98 Å². The third kappa shape index (κ3) is 2.24. The molecule has 1 aromatic heterocycles. The lowest BCUT2D eigenvalue weighted by Crippen LogP contribution is -2.38. The molecule has 17 heavy (non-hydrogen) atoms. The lowest BCUT2D eigenvalue weighted by atomic mass is 10.0. The zero-order valence-electron chi connectivity index (χ0n) is 9.97. The summed E-state index contributed by atoms with van der Waals surface area (Å²) < 4.78 is 0. The van der Waals surface area contributed by atoms with Crippen molar-refractivity contribution in [3.8, 4) is 0 Å². The summed E-state index contributed by atoms with van der Waals surface area (Å²) in [5.41, 5.74) is 11.4. The van der Waals surface area contributed by atoms with Gasteiger partial charge in [0.15, 0.2) is 0 Å². The second kappa shape index (κ2) is 4.71. The Morgan fingerprint density at radius 1 is 1.59 bits per heavy atom. The highest BCUT2D eigenvalue weighted by Gasteiger charge is 2.30. The minimum atomic E-state index is -0.450. The summed E-state index contributed by atoms with van der Waals surface area (Å²) in [4.78, 5) is 17.4. The van der Waals surface area contributed by atoms with E-state index in [1.165, 1.54) is 6.20 Å². The molecule has 92 valence electrons. The van der Waals surface area contributed by atoms with E-state index in [0.29, 0.717) is 24.1 Å². The van der Waals surface area contributed by atoms with Crippen LogP contribution in [0.15, 0.2) is 18.3 Å². The summed E-state index contributed by atoms with van der Waals surface area (Å²) in [7, 11) is 0. The molecule has 4 N–H and O–H groups in total. The van der Waals surface area contributed by atoms with E-state index >= 15 is 0 Å². The van der Waals surface area contributed by atoms with Gasteiger partial charge in [-0.15, -0.1) is 0 Å². The molecular weight excluding hydrogens is 216 g/mol. The Hall–Kier alpha value is -1.62. The highest BCUT2D eigenvalue weighted by molar-refractivity contribution is 5.92. The molecule has 1 aliphatic rings. The maximum absolute atomic E-state index is 11.0. The molecule has 0 spiro atoms. The van der Waals surface area contributed by atoms with E-state index in [1.54, 1.807) is 6.07 Å². The van der Waals surface area contributed by atoms with Gasteiger partial charge in [0.1, 0.15) is 5.82 Å². The second-order valence-electron chi connectivity index (χ2n) is 4.53. The van der Waals surface area contributed by atoms with E-state index in [2.05, 4.69) is 16.8 Å². The summed E-state index contributed by atoms with van der Waals surface area (Å²) >= 11 is 0. The Morgan fingerprint density at radius 3 is 2.88 bits per heavy atom. The van der Waals surface area contributed by atoms with Crippen LogP contribution in [0, 0.1) is 5.92 Å². The SMILES string of the molecule is CC1CCN(c2ccc(C(N)=O)cn2)C1CN. The first kappa shape index (κ1) is 11.9. The van der Waals surface area contributed by atoms with Gasteiger partial charge in [0.25, 0.3) is 0 Å². The van der Waals surface area contributed by atoms with Gasteiger partial charge in [-0.3, -0.25) is 4.79 Å². The first-order valence-electron chi connectivity index (χ1n) is 5.86. The summed E-state index contributed by atoms with van der Waals surface area (Å²) in [5, 5.41) is 0. The molecule has 5 heteroatoms. The van der Waals surface area contributed by atoms with Crippen molar-refractivity contribution in [3.05, 3.63) is 23.9 Å². The number of amides is 1. The third-order valence-corrected chi connectivity index (χ3v) is 3.45. The number of pyridine rings is 1. The number of carbonyl (C=O) groups is 1. The van der Waals surface area contributed by atoms with Crippen molar-refractivity contribution in [2.45, 2.75) is 19.4 Å². The van der Waals surface area contributed by atoms with Gasteiger partial charge in [-0.1, -0.05) is 6.92 Å². The Morgan fingerprint density at radius 2 is 2.35 bits per heavy atom. The van der Waals surface area contributed by atoms with Crippen LogP contribution in [0.4, 0.5) is 5.82 Å². The van der Waals surface area contributed by atoms with E-state index in [0.717, 1.165) is 18.8 Å². The number of rotatable bonds is 3. The molecule has 1 saturated heterocycles. The van der Waals surface area contributed by atoms with Crippen LogP contribution in [0.1, 0.15) is 23.7 Å². The van der Waals surface area contributed by atoms with Crippen LogP contribution in [0.25, 0.3) is 0 Å². The van der Waals surface area contributed by atoms with Gasteiger partial charge in [-0.05, 0) is 24.5 Å². The number of primary amides is 1. The summed E-state index contributed by atoms with van der Waals surface area (Å²) in [6.45, 7) is 3.79. The molecule has 2 heterocycles. The Bertz CT molecular complexity index is 403. The van der Waals surface area contributed by atoms with Crippen LogP contribution in [-0.4, -0.2) is 30.0 Å². The minimum absolute atomic E-state index is 0.335. The van der Waals surface area contributed by atoms with Crippen LogP contribution in [0.2, 0.25) is 0 Å². The summed E-state index contributed by atoms with van der Waals surface area (Å²) in [6, 6.07) is 3.88. The summed E-state index contributed by atoms with van der Waals surface area (Å²) in [5.74, 6) is 1.00. The van der Waals surface area contributed by atoms with Crippen LogP contribution in [0.3, 0.4) is 0 Å². The van der Waals surface area contributed by atoms with Crippen molar-refractivity contribution in [2.24, 2.45) is 17.4 Å². The minimum Gasteiger partial charge on any atom is -0.366 e. The molecule has 0 aromatic carbocycles. The topological polar surface area (TPSA) is 85.2 Å². The molecule has 2 rings (SSSR count). The maximum Gasteiger partial charge on any atom is 0.250 e. The average Bonchev–Trinajstić information content (AvgIpc) is 2.70. The van der Waals surface area contributed by atoms with E-state index < -0.39 is 5.91 Å². The Labute approximate surface area is 101 Å². The smallest absolute Gasteiger partial charge is 0.250 e. The normalized spacial score (nSPS) is 24.0. The van der Waals surface area contributed by atoms with Gasteiger partial charge in [0, 0.05) is 25.3 Å². The van der Waals surface area contributed by atoms with Gasteiger partial charge >= 0.3 is 0 Å². The molecule has 5 nitrogen and oxygen atoms in total. The monoisotopic (exact) mass is 234 g/mol. The number of hydrogen-bond acceptors (Lipinski definition) is 4. The predicted octanol–water partition coefficient (Wildman–Crippen LogP) is 0.354. The summed E-state index contributed by atoms with van der Waals surface area (Å²) in [6.07, 6.45) is 2.65. The Kier molecular flexibility index (Phi) is 3.28. The first-order valence-corrected chi connectivity index (χ1v) is 5.86. The van der Waals surface area contributed by atoms with Crippen LogP contribution < -0.4 is 16.4 Å². The van der Waals surface area contributed by atoms with Crippen molar-refractivity contribution >= 4 is 11.7 Å². The molecular formula is C12H18N4O. The number of anilines is 1. The standard InChI is InChI=1S/C12H18N4O/c1-8-4-5-16(10(8)6-13)11-3-2-9(7-15-11)12(14)17/h2-3,7-8,10H,4-6,13H2,1H3,(H2,14,17). The highest BCUT2D eigenvalue weighted by atomic mass is 16.1. The molecule has 0 saturated carbocycles. The van der Waals surface area contributed by atoms with E-state index in [-0.39, 0.29) is 0 Å². The van der Waals surface area contributed by atoms with Gasteiger partial charge in [0.05, 0.1) is 5.56 Å². The molecule has 0 aliphatic carbocycles. The zero-order chi connectivity index (χ0) is 12.4. The fourth-order valence-corrected chi connectivity index (χ4v) is 2.35. The van der Waals surface area contributed by atoms with Crippen molar-refractivity contribution in [3.63, 3.8) is 0 Å². The van der Waals surface area contributed by atoms with Crippen molar-refractivity contribution in [1.29, 1.82) is 0 Å². The van der Waals surface area contributed by atoms with Gasteiger partial charge < -0.3 is 16.4 Å². The number of aromatic nitrogens is 1. The van der Waals surface area contributed by atoms with Crippen LogP contribution >= 0.6 is 0 Å². The van der Waals surface area contributed by atoms with Crippen LogP contribution in [0.5, 0.6) is 0 Å². The molecule has 1 fully saturated rings. The molecule has 2 unspecified atom stereocenters. The number of nitrogens with zero attached hydrogens (tertiary/aromatic N) is 2. The predicted molar refractivity (Wildman–Crippen MR) is 66.7 cm³/mol. The fourth-order valence-electron chi connectivity index (χ4n) is 2.35. The first-order chi connectivity index (χ1) is 8.13. The average molecular weight is 234 g/mol. The number of nitrogens with two attached hydrogens (primary N) is 2. The highest BCUT2D eigenvalue weighted by Crippen LogP contribution is 2.27. The van der Waals surface area contributed by atoms with E-state index in [1.807, 2.05) is 6.07 Å². The van der Waals surface area contributed by atoms with E-state index in [9.17, 15) is 4.79 Å². The second-order valence-corrected chi connectivity index (χ2v) is 4.53. The number of carbonyl (C=O) groups excluding carboxylic acids is 1. The molecule has 2 atom stereocenters. The lowest BCUT2D eigenvalue weighted by molar-refractivity contribution is 0.1000. The van der Waals surface area contributed by atoms with E-state index in [4.69, 9.17) is 11.5 Å². The molecule has 0 radical (unpaired) electrons. The largest absolute Gasteiger partial charge is 0.366 e. The van der Waals surface area contributed by atoms with Gasteiger partial charge in [-0.25, -0.2) is 4.98 Å². The zero-order valence-corrected chi connectivity index (χ0v) is 9.97. The molecule has 1 aromatic rings. The molecule has 1 aliphatic heterocycles. The molecule has 1 amide bonds. The van der Waals surface area contributed by atoms with Crippen molar-refractivity contribution in [2.75, 3.05) is 18.0 Å². The Balaban J connectivity index is 2.20. The third-order valence-electron chi connectivity index (χ3n) is 3.45. The fraction of sp³-hybridized carbons (Fsp3) is 0.500. The van der Waals surface area contributed by atoms with Gasteiger partial charge in [0.2, 0.25) is 5.91 Å². The quantitative estimate of drug-likeness (QED) is 0.790. The lowest BCUT2D eigenvalue weighted by Gasteiger charge is -2.26. The maximum atomic E-state index is 11.0. The number of hydrogen-bond donors (Lipinski definition) is 2. The van der Waals surface area contributed by atoms with Gasteiger partial charge in [-0.2, -0.15) is 0 Å². The molecule has 0 bridgehead atoms. The van der Waals surface area contributed by atoms with Crippen molar-refractivity contribution < 1.29 is 4.79 Å². The van der Waals surface area contributed by atoms with Crippen LogP contribution in [-0.2, 0) is 0 Å².